The predicted molar refractivity (Wildman–Crippen MR) is 129 cm³/mol. The van der Waals surface area contributed by atoms with Crippen LogP contribution in [0.3, 0.4) is 0 Å². The zero-order valence-corrected chi connectivity index (χ0v) is 20.8. The summed E-state index contributed by atoms with van der Waals surface area (Å²) < 4.78 is 10.3. The number of hydrogen-bond acceptors (Lipinski definition) is 6. The van der Waals surface area contributed by atoms with Gasteiger partial charge in [-0.1, -0.05) is 11.6 Å². The number of hydrogen-bond donors (Lipinski definition) is 1. The summed E-state index contributed by atoms with van der Waals surface area (Å²) in [6.07, 6.45) is 2.07. The molecule has 3 amide bonds. The quantitative estimate of drug-likeness (QED) is 0.523. The van der Waals surface area contributed by atoms with Gasteiger partial charge in [0.25, 0.3) is 5.91 Å². The van der Waals surface area contributed by atoms with Crippen LogP contribution in [-0.4, -0.2) is 106 Å². The molecule has 1 aromatic rings. The van der Waals surface area contributed by atoms with Crippen LogP contribution < -0.4 is 10.1 Å². The van der Waals surface area contributed by atoms with Crippen molar-refractivity contribution in [2.75, 3.05) is 73.2 Å². The lowest BCUT2D eigenvalue weighted by Crippen LogP contribution is -2.53. The summed E-state index contributed by atoms with van der Waals surface area (Å²) >= 11 is 6.07. The van der Waals surface area contributed by atoms with Crippen molar-refractivity contribution in [2.45, 2.75) is 19.3 Å². The van der Waals surface area contributed by atoms with Gasteiger partial charge in [0.1, 0.15) is 5.75 Å². The van der Waals surface area contributed by atoms with E-state index in [-0.39, 0.29) is 23.6 Å². The molecule has 0 aliphatic carbocycles. The average Bonchev–Trinajstić information content (AvgIpc) is 2.86. The topological polar surface area (TPSA) is 91.4 Å². The van der Waals surface area contributed by atoms with Gasteiger partial charge in [0, 0.05) is 70.5 Å². The van der Waals surface area contributed by atoms with Crippen molar-refractivity contribution in [1.29, 1.82) is 0 Å². The Morgan fingerprint density at radius 1 is 1.03 bits per heavy atom. The first kappa shape index (κ1) is 26.2. The molecule has 2 fully saturated rings. The number of amides is 3. The van der Waals surface area contributed by atoms with Gasteiger partial charge >= 0.3 is 0 Å². The first-order chi connectivity index (χ1) is 16.4. The molecule has 0 radical (unpaired) electrons. The Balaban J connectivity index is 1.42. The number of halogens is 1. The van der Waals surface area contributed by atoms with Crippen LogP contribution in [0.4, 0.5) is 0 Å². The molecule has 2 aliphatic heterocycles. The van der Waals surface area contributed by atoms with Crippen LogP contribution in [0.1, 0.15) is 29.6 Å². The first-order valence-corrected chi connectivity index (χ1v) is 12.2. The Bertz CT molecular complexity index is 852. The lowest BCUT2D eigenvalue weighted by Gasteiger charge is -2.38. The van der Waals surface area contributed by atoms with E-state index < -0.39 is 0 Å². The van der Waals surface area contributed by atoms with Crippen molar-refractivity contribution >= 4 is 29.3 Å². The van der Waals surface area contributed by atoms with Crippen molar-refractivity contribution in [3.63, 3.8) is 0 Å². The van der Waals surface area contributed by atoms with E-state index in [9.17, 15) is 14.4 Å². The molecular formula is C24H35ClN4O5. The van der Waals surface area contributed by atoms with Crippen LogP contribution in [-0.2, 0) is 14.3 Å². The van der Waals surface area contributed by atoms with Gasteiger partial charge in [0.15, 0.2) is 0 Å². The number of carbonyl (C=O) groups excluding carboxylic acids is 3. The van der Waals surface area contributed by atoms with Crippen LogP contribution in [0.2, 0.25) is 5.02 Å². The summed E-state index contributed by atoms with van der Waals surface area (Å²) in [6, 6.07) is 5.01. The third kappa shape index (κ3) is 7.07. The zero-order chi connectivity index (χ0) is 24.5. The maximum atomic E-state index is 13.1. The molecular weight excluding hydrogens is 460 g/mol. The molecule has 1 aromatic carbocycles. The standard InChI is InChI=1S/C24H35ClN4O5/c1-33-15-3-8-26-22(30)17-27-11-13-29(14-12-27)23(31)18-6-9-28(10-7-18)24(32)20-16-19(25)4-5-21(20)34-2/h4-5,16,18H,3,6-15,17H2,1-2H3,(H,26,30). The summed E-state index contributed by atoms with van der Waals surface area (Å²) in [5.41, 5.74) is 0.443. The number of ether oxygens (including phenoxy) is 2. The van der Waals surface area contributed by atoms with Crippen LogP contribution in [0.5, 0.6) is 5.75 Å². The normalized spacial score (nSPS) is 17.5. The lowest BCUT2D eigenvalue weighted by molar-refractivity contribution is -0.138. The van der Waals surface area contributed by atoms with Crippen molar-refractivity contribution in [1.82, 2.24) is 20.0 Å². The number of carbonyl (C=O) groups is 3. The molecule has 1 N–H and O–H groups in total. The van der Waals surface area contributed by atoms with Gasteiger partial charge in [-0.15, -0.1) is 0 Å². The summed E-state index contributed by atoms with van der Waals surface area (Å²) in [5, 5.41) is 3.38. The zero-order valence-electron chi connectivity index (χ0n) is 20.1. The summed E-state index contributed by atoms with van der Waals surface area (Å²) in [7, 11) is 3.17. The highest BCUT2D eigenvalue weighted by molar-refractivity contribution is 6.31. The molecule has 0 spiro atoms. The molecule has 10 heteroatoms. The van der Waals surface area contributed by atoms with Crippen LogP contribution in [0, 0.1) is 5.92 Å². The van der Waals surface area contributed by atoms with Crippen molar-refractivity contribution in [3.8, 4) is 5.75 Å². The Labute approximate surface area is 206 Å². The fraction of sp³-hybridized carbons (Fsp3) is 0.625. The largest absolute Gasteiger partial charge is 0.496 e. The first-order valence-electron chi connectivity index (χ1n) is 11.8. The lowest BCUT2D eigenvalue weighted by atomic mass is 9.94. The molecule has 34 heavy (non-hydrogen) atoms. The van der Waals surface area contributed by atoms with E-state index in [0.29, 0.717) is 88.1 Å². The molecule has 0 aromatic heterocycles. The van der Waals surface area contributed by atoms with Crippen LogP contribution >= 0.6 is 11.6 Å². The monoisotopic (exact) mass is 494 g/mol. The van der Waals surface area contributed by atoms with E-state index >= 15 is 0 Å². The van der Waals surface area contributed by atoms with Gasteiger partial charge in [-0.2, -0.15) is 0 Å². The van der Waals surface area contributed by atoms with Gasteiger partial charge in [0.05, 0.1) is 19.2 Å². The minimum absolute atomic E-state index is 0.00394. The molecule has 2 aliphatic rings. The smallest absolute Gasteiger partial charge is 0.257 e. The highest BCUT2D eigenvalue weighted by Crippen LogP contribution is 2.27. The van der Waals surface area contributed by atoms with E-state index in [1.165, 1.54) is 7.11 Å². The second-order valence-corrected chi connectivity index (χ2v) is 9.15. The maximum absolute atomic E-state index is 13.1. The van der Waals surface area contributed by atoms with E-state index in [1.807, 2.05) is 4.90 Å². The molecule has 188 valence electrons. The summed E-state index contributed by atoms with van der Waals surface area (Å²) in [6.45, 7) is 5.24. The van der Waals surface area contributed by atoms with Gasteiger partial charge in [-0.3, -0.25) is 19.3 Å². The summed E-state index contributed by atoms with van der Waals surface area (Å²) in [4.78, 5) is 43.8. The van der Waals surface area contributed by atoms with Gasteiger partial charge in [-0.25, -0.2) is 0 Å². The fourth-order valence-electron chi connectivity index (χ4n) is 4.44. The van der Waals surface area contributed by atoms with Gasteiger partial charge in [-0.05, 0) is 37.5 Å². The molecule has 3 rings (SSSR count). The van der Waals surface area contributed by atoms with E-state index in [0.717, 1.165) is 6.42 Å². The minimum Gasteiger partial charge on any atom is -0.496 e. The predicted octanol–water partition coefficient (Wildman–Crippen LogP) is 1.50. The SMILES string of the molecule is COCCCNC(=O)CN1CCN(C(=O)C2CCN(C(=O)c3cc(Cl)ccc3OC)CC2)CC1. The molecule has 9 nitrogen and oxygen atoms in total. The van der Waals surface area contributed by atoms with E-state index in [4.69, 9.17) is 21.1 Å². The number of methoxy groups -OCH3 is 2. The number of likely N-dealkylation sites (tertiary alicyclic amines) is 1. The Kier molecular flexibility index (Phi) is 9.98. The average molecular weight is 495 g/mol. The van der Waals surface area contributed by atoms with Crippen molar-refractivity contribution in [2.24, 2.45) is 5.92 Å². The second-order valence-electron chi connectivity index (χ2n) is 8.71. The number of nitrogens with one attached hydrogen (secondary N) is 1. The third-order valence-electron chi connectivity index (χ3n) is 6.42. The Morgan fingerprint density at radius 2 is 1.74 bits per heavy atom. The van der Waals surface area contributed by atoms with Crippen LogP contribution in [0.15, 0.2) is 18.2 Å². The molecule has 2 saturated heterocycles. The number of benzene rings is 1. The van der Waals surface area contributed by atoms with E-state index in [2.05, 4.69) is 10.2 Å². The fourth-order valence-corrected chi connectivity index (χ4v) is 4.61. The molecule has 0 bridgehead atoms. The Morgan fingerprint density at radius 3 is 2.38 bits per heavy atom. The number of nitrogens with zero attached hydrogens (tertiary/aromatic N) is 3. The van der Waals surface area contributed by atoms with Crippen LogP contribution in [0.25, 0.3) is 0 Å². The molecule has 0 saturated carbocycles. The highest BCUT2D eigenvalue weighted by Gasteiger charge is 2.32. The maximum Gasteiger partial charge on any atom is 0.257 e. The van der Waals surface area contributed by atoms with Gasteiger partial charge < -0.3 is 24.6 Å². The molecule has 0 atom stereocenters. The van der Waals surface area contributed by atoms with Crippen molar-refractivity contribution < 1.29 is 23.9 Å². The second kappa shape index (κ2) is 12.9. The summed E-state index contributed by atoms with van der Waals surface area (Å²) in [5.74, 6) is 0.440. The number of piperazine rings is 1. The number of rotatable bonds is 9. The third-order valence-corrected chi connectivity index (χ3v) is 6.66. The van der Waals surface area contributed by atoms with Crippen molar-refractivity contribution in [3.05, 3.63) is 28.8 Å². The molecule has 0 unspecified atom stereocenters. The van der Waals surface area contributed by atoms with E-state index in [1.54, 1.807) is 30.2 Å². The molecule has 2 heterocycles. The Hall–Kier alpha value is -2.36. The minimum atomic E-state index is -0.126. The van der Waals surface area contributed by atoms with Gasteiger partial charge in [0.2, 0.25) is 11.8 Å². The number of piperidine rings is 1. The highest BCUT2D eigenvalue weighted by atomic mass is 35.5.